The minimum Gasteiger partial charge on any atom is -0.414 e. The average molecular weight is 375 g/mol. The normalized spacial score (nSPS) is 11.8. The van der Waals surface area contributed by atoms with Crippen molar-refractivity contribution < 1.29 is 32.3 Å². The molecular weight excluding hydrogens is 344 g/mol. The second kappa shape index (κ2) is 10.5. The van der Waals surface area contributed by atoms with Crippen LogP contribution in [-0.4, -0.2) is 46.0 Å². The van der Waals surface area contributed by atoms with Gasteiger partial charge < -0.3 is 22.8 Å². The fourth-order valence-electron chi connectivity index (χ4n) is 2.01. The number of carbonyl (C=O) groups excluding carboxylic acids is 2. The molecule has 0 unspecified atom stereocenters. The third-order valence-electron chi connectivity index (χ3n) is 3.15. The Balaban J connectivity index is 6.29. The van der Waals surface area contributed by atoms with Crippen LogP contribution in [0.15, 0.2) is 24.3 Å². The molecule has 0 aliphatic rings. The largest absolute Gasteiger partial charge is 0.591 e. The van der Waals surface area contributed by atoms with E-state index in [1.165, 1.54) is 13.8 Å². The van der Waals surface area contributed by atoms with Crippen LogP contribution >= 0.6 is 0 Å². The van der Waals surface area contributed by atoms with E-state index in [0.717, 1.165) is 0 Å². The maximum absolute atomic E-state index is 12.2. The summed E-state index contributed by atoms with van der Waals surface area (Å²) >= 11 is 0. The van der Waals surface area contributed by atoms with Gasteiger partial charge in [0.1, 0.15) is 0 Å². The van der Waals surface area contributed by atoms with Crippen LogP contribution in [0.5, 0.6) is 0 Å². The van der Waals surface area contributed by atoms with Crippen molar-refractivity contribution in [2.45, 2.75) is 53.4 Å². The Kier molecular flexibility index (Phi) is 9.87. The lowest BCUT2D eigenvalue weighted by Gasteiger charge is -2.42. The molecule has 0 saturated carbocycles. The lowest BCUT2D eigenvalue weighted by Crippen LogP contribution is -2.68. The van der Waals surface area contributed by atoms with Gasteiger partial charge >= 0.3 is 26.2 Å². The first-order chi connectivity index (χ1) is 11.6. The van der Waals surface area contributed by atoms with Crippen LogP contribution in [0.4, 0.5) is 0 Å². The van der Waals surface area contributed by atoms with Crippen molar-refractivity contribution in [2.75, 3.05) is 19.8 Å². The van der Waals surface area contributed by atoms with Crippen LogP contribution in [0.2, 0.25) is 0 Å². The highest BCUT2D eigenvalue weighted by Gasteiger charge is 2.67. The smallest absolute Gasteiger partial charge is 0.414 e. The zero-order valence-corrected chi connectivity index (χ0v) is 17.1. The highest BCUT2D eigenvalue weighted by Crippen LogP contribution is 2.35. The highest BCUT2D eigenvalue weighted by atomic mass is 28.4. The van der Waals surface area contributed by atoms with Crippen LogP contribution in [-0.2, 0) is 32.3 Å². The lowest BCUT2D eigenvalue weighted by molar-refractivity contribution is -0.218. The van der Waals surface area contributed by atoms with Gasteiger partial charge in [0, 0.05) is 37.4 Å². The van der Waals surface area contributed by atoms with E-state index in [2.05, 4.69) is 13.2 Å². The van der Waals surface area contributed by atoms with Crippen molar-refractivity contribution in [1.29, 1.82) is 0 Å². The molecule has 0 aromatic carbocycles. The van der Waals surface area contributed by atoms with Crippen molar-refractivity contribution in [3.63, 3.8) is 0 Å². The van der Waals surface area contributed by atoms with Gasteiger partial charge in [-0.05, 0) is 34.6 Å². The van der Waals surface area contributed by atoms with Gasteiger partial charge in [0.05, 0.1) is 0 Å². The Hall–Kier alpha value is -1.48. The van der Waals surface area contributed by atoms with Crippen molar-refractivity contribution in [1.82, 2.24) is 0 Å². The third-order valence-corrected chi connectivity index (χ3v) is 6.64. The summed E-state index contributed by atoms with van der Waals surface area (Å²) in [7, 11) is -3.76. The number of esters is 2. The van der Waals surface area contributed by atoms with Gasteiger partial charge in [0.25, 0.3) is 0 Å². The standard InChI is InChI=1S/C17H30O7Si/c1-9-17(23-15(18)13(5)6,24-16(19)14(7)8)25(20-10-2,21-11-3)22-12-4/h5,7,9-12H2,1-4,6,8H3. The van der Waals surface area contributed by atoms with Crippen LogP contribution < -0.4 is 0 Å². The first kappa shape index (κ1) is 23.5. The minimum absolute atomic E-state index is 0.0806. The average Bonchev–Trinajstić information content (AvgIpc) is 2.54. The molecule has 0 N–H and O–H groups in total. The van der Waals surface area contributed by atoms with Gasteiger partial charge in [-0.25, -0.2) is 9.59 Å². The van der Waals surface area contributed by atoms with E-state index in [1.54, 1.807) is 27.7 Å². The maximum atomic E-state index is 12.2. The summed E-state index contributed by atoms with van der Waals surface area (Å²) in [5, 5.41) is 0. The van der Waals surface area contributed by atoms with Gasteiger partial charge in [0.15, 0.2) is 0 Å². The summed E-state index contributed by atoms with van der Waals surface area (Å²) in [6.45, 7) is 17.7. The zero-order valence-electron chi connectivity index (χ0n) is 16.1. The SMILES string of the molecule is C=C(C)C(=O)OC(CC)(OC(=O)C(=C)C)[Si](OCC)(OCC)OCC. The van der Waals surface area contributed by atoms with Crippen LogP contribution in [0.3, 0.4) is 0 Å². The van der Waals surface area contributed by atoms with E-state index >= 15 is 0 Å². The Bertz CT molecular complexity index is 456. The predicted molar refractivity (Wildman–Crippen MR) is 95.5 cm³/mol. The number of carbonyl (C=O) groups is 2. The van der Waals surface area contributed by atoms with Crippen molar-refractivity contribution in [3.05, 3.63) is 24.3 Å². The van der Waals surface area contributed by atoms with E-state index in [4.69, 9.17) is 22.8 Å². The molecule has 0 aliphatic heterocycles. The van der Waals surface area contributed by atoms with Gasteiger partial charge in [-0.2, -0.15) is 0 Å². The maximum Gasteiger partial charge on any atom is 0.591 e. The molecule has 0 aromatic rings. The summed E-state index contributed by atoms with van der Waals surface area (Å²) in [6, 6.07) is 0. The molecule has 0 radical (unpaired) electrons. The molecule has 0 amide bonds. The Labute approximate surface area is 151 Å². The van der Waals surface area contributed by atoms with Gasteiger partial charge in [-0.3, -0.25) is 0 Å². The van der Waals surface area contributed by atoms with E-state index in [9.17, 15) is 9.59 Å². The van der Waals surface area contributed by atoms with E-state index in [1.807, 2.05) is 0 Å². The van der Waals surface area contributed by atoms with Crippen LogP contribution in [0.1, 0.15) is 48.0 Å². The number of ether oxygens (including phenoxy) is 2. The molecule has 144 valence electrons. The van der Waals surface area contributed by atoms with Gasteiger partial charge in [-0.15, -0.1) is 0 Å². The number of hydrogen-bond donors (Lipinski definition) is 0. The summed E-state index contributed by atoms with van der Waals surface area (Å²) in [5.74, 6) is -1.46. The molecule has 0 bridgehead atoms. The summed E-state index contributed by atoms with van der Waals surface area (Å²) in [6.07, 6.45) is 0.0806. The molecule has 0 heterocycles. The molecule has 0 fully saturated rings. The quantitative estimate of drug-likeness (QED) is 0.225. The molecule has 0 spiro atoms. The fraction of sp³-hybridized carbons (Fsp3) is 0.647. The van der Waals surface area contributed by atoms with Crippen LogP contribution in [0.25, 0.3) is 0 Å². The van der Waals surface area contributed by atoms with E-state index < -0.39 is 26.2 Å². The van der Waals surface area contributed by atoms with E-state index in [-0.39, 0.29) is 37.4 Å². The summed E-state index contributed by atoms with van der Waals surface area (Å²) in [5.41, 5.74) is -1.53. The first-order valence-corrected chi connectivity index (χ1v) is 10.1. The van der Waals surface area contributed by atoms with Crippen molar-refractivity contribution in [3.8, 4) is 0 Å². The molecule has 0 rings (SSSR count). The zero-order chi connectivity index (χ0) is 19.7. The Morgan fingerprint density at radius 3 is 1.32 bits per heavy atom. The summed E-state index contributed by atoms with van der Waals surface area (Å²) < 4.78 is 28.5. The fourth-order valence-corrected chi connectivity index (χ4v) is 4.92. The second-order valence-electron chi connectivity index (χ2n) is 5.30. The second-order valence-corrected chi connectivity index (χ2v) is 8.04. The highest BCUT2D eigenvalue weighted by molar-refractivity contribution is 6.64. The monoisotopic (exact) mass is 374 g/mol. The number of rotatable bonds is 12. The van der Waals surface area contributed by atoms with E-state index in [0.29, 0.717) is 0 Å². The van der Waals surface area contributed by atoms with Gasteiger partial charge in [-0.1, -0.05) is 20.1 Å². The third kappa shape index (κ3) is 5.77. The van der Waals surface area contributed by atoms with Gasteiger partial charge in [0.2, 0.25) is 0 Å². The predicted octanol–water partition coefficient (Wildman–Crippen LogP) is 2.92. The molecule has 8 heteroatoms. The van der Waals surface area contributed by atoms with Crippen molar-refractivity contribution >= 4 is 20.7 Å². The van der Waals surface area contributed by atoms with Crippen LogP contribution in [0, 0.1) is 0 Å². The number of hydrogen-bond acceptors (Lipinski definition) is 7. The topological polar surface area (TPSA) is 80.3 Å². The Morgan fingerprint density at radius 2 is 1.12 bits per heavy atom. The molecule has 0 saturated heterocycles. The molecule has 0 aromatic heterocycles. The summed E-state index contributed by atoms with van der Waals surface area (Å²) in [4.78, 5) is 24.5. The minimum atomic E-state index is -3.76. The lowest BCUT2D eigenvalue weighted by atomic mass is 10.3. The van der Waals surface area contributed by atoms with Crippen molar-refractivity contribution in [2.24, 2.45) is 0 Å². The molecule has 0 aliphatic carbocycles. The molecule has 25 heavy (non-hydrogen) atoms. The molecular formula is C17H30O7Si. The molecule has 7 nitrogen and oxygen atoms in total. The molecule has 0 atom stereocenters. The first-order valence-electron chi connectivity index (χ1n) is 8.34. The Morgan fingerprint density at radius 1 is 0.800 bits per heavy atom.